The second-order valence-electron chi connectivity index (χ2n) is 7.71. The van der Waals surface area contributed by atoms with Gasteiger partial charge in [-0.3, -0.25) is 14.4 Å². The molecule has 1 aliphatic heterocycles. The Morgan fingerprint density at radius 1 is 0.923 bits per heavy atom. The molecule has 2 aliphatic rings. The SMILES string of the molecule is Cc1cc(C)cc(C(=O)N2CCC[C@H]2C(=O)C(=O)NC2CCCCC2)c1. The van der Waals surface area contributed by atoms with E-state index in [-0.39, 0.29) is 11.9 Å². The van der Waals surface area contributed by atoms with E-state index in [0.29, 0.717) is 18.5 Å². The average molecular weight is 356 g/mol. The first kappa shape index (κ1) is 18.6. The molecular formula is C21H28N2O3. The molecule has 26 heavy (non-hydrogen) atoms. The van der Waals surface area contributed by atoms with Gasteiger partial charge in [0.25, 0.3) is 11.8 Å². The van der Waals surface area contributed by atoms with Crippen molar-refractivity contribution in [1.29, 1.82) is 0 Å². The summed E-state index contributed by atoms with van der Waals surface area (Å²) in [5.74, 6) is -1.15. The standard InChI is InChI=1S/C21H28N2O3/c1-14-11-15(2)13-16(12-14)21(26)23-10-6-9-18(23)19(24)20(25)22-17-7-4-3-5-8-17/h11-13,17-18H,3-10H2,1-2H3,(H,22,25)/t18-/m0/s1. The quantitative estimate of drug-likeness (QED) is 0.844. The van der Waals surface area contributed by atoms with Crippen molar-refractivity contribution in [1.82, 2.24) is 10.2 Å². The van der Waals surface area contributed by atoms with Crippen LogP contribution in [0.2, 0.25) is 0 Å². The van der Waals surface area contributed by atoms with Gasteiger partial charge >= 0.3 is 0 Å². The van der Waals surface area contributed by atoms with Crippen LogP contribution in [-0.4, -0.2) is 41.1 Å². The number of aryl methyl sites for hydroxylation is 2. The number of carbonyl (C=O) groups is 3. The third kappa shape index (κ3) is 4.14. The summed E-state index contributed by atoms with van der Waals surface area (Å²) in [6.07, 6.45) is 6.59. The van der Waals surface area contributed by atoms with Gasteiger partial charge in [-0.15, -0.1) is 0 Å². The molecule has 5 nitrogen and oxygen atoms in total. The predicted molar refractivity (Wildman–Crippen MR) is 100.0 cm³/mol. The van der Waals surface area contributed by atoms with Gasteiger partial charge in [-0.2, -0.15) is 0 Å². The van der Waals surface area contributed by atoms with Crippen molar-refractivity contribution in [3.8, 4) is 0 Å². The number of ketones is 1. The molecule has 0 unspecified atom stereocenters. The largest absolute Gasteiger partial charge is 0.347 e. The summed E-state index contributed by atoms with van der Waals surface area (Å²) in [4.78, 5) is 39.6. The summed E-state index contributed by atoms with van der Waals surface area (Å²) in [5.41, 5.74) is 2.63. The smallest absolute Gasteiger partial charge is 0.289 e. The van der Waals surface area contributed by atoms with E-state index in [1.807, 2.05) is 32.0 Å². The summed E-state index contributed by atoms with van der Waals surface area (Å²) < 4.78 is 0. The van der Waals surface area contributed by atoms with Crippen molar-refractivity contribution in [2.75, 3.05) is 6.54 Å². The molecule has 0 spiro atoms. The second-order valence-corrected chi connectivity index (χ2v) is 7.71. The lowest BCUT2D eigenvalue weighted by atomic mass is 9.95. The number of nitrogens with zero attached hydrogens (tertiary/aromatic N) is 1. The monoisotopic (exact) mass is 356 g/mol. The van der Waals surface area contributed by atoms with E-state index < -0.39 is 17.7 Å². The van der Waals surface area contributed by atoms with Crippen molar-refractivity contribution < 1.29 is 14.4 Å². The van der Waals surface area contributed by atoms with Crippen LogP contribution in [0.15, 0.2) is 18.2 Å². The Balaban J connectivity index is 1.69. The molecule has 1 aromatic rings. The Hall–Kier alpha value is -2.17. The molecule has 0 aromatic heterocycles. The number of hydrogen-bond acceptors (Lipinski definition) is 3. The number of likely N-dealkylation sites (tertiary alicyclic amines) is 1. The number of hydrogen-bond donors (Lipinski definition) is 1. The summed E-state index contributed by atoms with van der Waals surface area (Å²) in [6, 6.07) is 5.17. The number of amides is 2. The number of benzene rings is 1. The fourth-order valence-corrected chi connectivity index (χ4v) is 4.20. The maximum atomic E-state index is 12.9. The highest BCUT2D eigenvalue weighted by atomic mass is 16.2. The van der Waals surface area contributed by atoms with Gasteiger partial charge in [0.15, 0.2) is 0 Å². The van der Waals surface area contributed by atoms with Gasteiger partial charge in [-0.25, -0.2) is 0 Å². The van der Waals surface area contributed by atoms with Crippen molar-refractivity contribution in [3.05, 3.63) is 34.9 Å². The predicted octanol–water partition coefficient (Wildman–Crippen LogP) is 2.93. The lowest BCUT2D eigenvalue weighted by Gasteiger charge is -2.26. The molecule has 1 atom stereocenters. The zero-order valence-corrected chi connectivity index (χ0v) is 15.7. The van der Waals surface area contributed by atoms with E-state index in [2.05, 4.69) is 5.32 Å². The van der Waals surface area contributed by atoms with Crippen LogP contribution >= 0.6 is 0 Å². The molecule has 2 amide bonds. The highest BCUT2D eigenvalue weighted by Crippen LogP contribution is 2.23. The molecule has 1 heterocycles. The maximum absolute atomic E-state index is 12.9. The Morgan fingerprint density at radius 3 is 2.23 bits per heavy atom. The Morgan fingerprint density at radius 2 is 1.58 bits per heavy atom. The van der Waals surface area contributed by atoms with E-state index in [1.54, 1.807) is 4.90 Å². The van der Waals surface area contributed by atoms with Crippen LogP contribution < -0.4 is 5.32 Å². The molecule has 140 valence electrons. The Bertz CT molecular complexity index is 687. The summed E-state index contributed by atoms with van der Waals surface area (Å²) in [5, 5.41) is 2.89. The molecule has 1 N–H and O–H groups in total. The first-order valence-corrected chi connectivity index (χ1v) is 9.69. The first-order chi connectivity index (χ1) is 12.5. The Labute approximate surface area is 155 Å². The number of Topliss-reactive ketones (excluding diaryl/α,β-unsaturated/α-hetero) is 1. The molecule has 1 aromatic carbocycles. The van der Waals surface area contributed by atoms with Crippen LogP contribution in [0.4, 0.5) is 0 Å². The van der Waals surface area contributed by atoms with Gasteiger partial charge in [0.1, 0.15) is 6.04 Å². The summed E-state index contributed by atoms with van der Waals surface area (Å²) >= 11 is 0. The molecule has 0 radical (unpaired) electrons. The summed E-state index contributed by atoms with van der Waals surface area (Å²) in [6.45, 7) is 4.43. The van der Waals surface area contributed by atoms with Gasteiger partial charge in [0.2, 0.25) is 5.78 Å². The number of nitrogens with one attached hydrogen (secondary N) is 1. The minimum absolute atomic E-state index is 0.102. The minimum atomic E-state index is -0.632. The van der Waals surface area contributed by atoms with E-state index in [0.717, 1.165) is 43.2 Å². The van der Waals surface area contributed by atoms with Crippen LogP contribution in [0.5, 0.6) is 0 Å². The fraction of sp³-hybridized carbons (Fsp3) is 0.571. The summed E-state index contributed by atoms with van der Waals surface area (Å²) in [7, 11) is 0. The van der Waals surface area contributed by atoms with Gasteiger partial charge in [0, 0.05) is 18.2 Å². The van der Waals surface area contributed by atoms with Crippen molar-refractivity contribution in [2.24, 2.45) is 0 Å². The molecule has 1 saturated carbocycles. The topological polar surface area (TPSA) is 66.5 Å². The molecule has 3 rings (SSSR count). The lowest BCUT2D eigenvalue weighted by molar-refractivity contribution is -0.140. The van der Waals surface area contributed by atoms with E-state index >= 15 is 0 Å². The molecule has 1 saturated heterocycles. The van der Waals surface area contributed by atoms with Crippen LogP contribution in [0.3, 0.4) is 0 Å². The third-order valence-electron chi connectivity index (χ3n) is 5.45. The van der Waals surface area contributed by atoms with E-state index in [9.17, 15) is 14.4 Å². The van der Waals surface area contributed by atoms with Gasteiger partial charge in [-0.1, -0.05) is 36.5 Å². The zero-order valence-electron chi connectivity index (χ0n) is 15.7. The fourth-order valence-electron chi connectivity index (χ4n) is 4.20. The van der Waals surface area contributed by atoms with Crippen LogP contribution in [0.25, 0.3) is 0 Å². The first-order valence-electron chi connectivity index (χ1n) is 9.69. The maximum Gasteiger partial charge on any atom is 0.289 e. The van der Waals surface area contributed by atoms with Crippen LogP contribution in [-0.2, 0) is 9.59 Å². The highest BCUT2D eigenvalue weighted by molar-refractivity contribution is 6.38. The zero-order chi connectivity index (χ0) is 18.7. The van der Waals surface area contributed by atoms with Crippen LogP contribution in [0.1, 0.15) is 66.4 Å². The van der Waals surface area contributed by atoms with Crippen LogP contribution in [0, 0.1) is 13.8 Å². The molecule has 2 fully saturated rings. The third-order valence-corrected chi connectivity index (χ3v) is 5.45. The molecule has 0 bridgehead atoms. The Kier molecular flexibility index (Phi) is 5.74. The average Bonchev–Trinajstić information content (AvgIpc) is 3.10. The normalized spacial score (nSPS) is 20.8. The number of carbonyl (C=O) groups excluding carboxylic acids is 3. The van der Waals surface area contributed by atoms with Gasteiger partial charge in [0.05, 0.1) is 0 Å². The van der Waals surface area contributed by atoms with E-state index in [4.69, 9.17) is 0 Å². The van der Waals surface area contributed by atoms with E-state index in [1.165, 1.54) is 6.42 Å². The van der Waals surface area contributed by atoms with Gasteiger partial charge in [-0.05, 0) is 51.7 Å². The minimum Gasteiger partial charge on any atom is -0.347 e. The lowest BCUT2D eigenvalue weighted by Crippen LogP contribution is -2.49. The number of rotatable bonds is 4. The van der Waals surface area contributed by atoms with Crippen molar-refractivity contribution in [3.63, 3.8) is 0 Å². The van der Waals surface area contributed by atoms with Crippen molar-refractivity contribution in [2.45, 2.75) is 70.9 Å². The highest BCUT2D eigenvalue weighted by Gasteiger charge is 2.38. The van der Waals surface area contributed by atoms with Crippen molar-refractivity contribution >= 4 is 17.6 Å². The molecule has 1 aliphatic carbocycles. The van der Waals surface area contributed by atoms with Gasteiger partial charge < -0.3 is 10.2 Å². The molecular weight excluding hydrogens is 328 g/mol. The second kappa shape index (κ2) is 8.02. The molecule has 5 heteroatoms.